The molecule has 0 spiro atoms. The van der Waals surface area contributed by atoms with E-state index >= 15 is 0 Å². The van der Waals surface area contributed by atoms with Gasteiger partial charge in [-0.05, 0) is 57.3 Å². The van der Waals surface area contributed by atoms with E-state index in [4.69, 9.17) is 0 Å². The molecule has 0 heterocycles. The lowest BCUT2D eigenvalue weighted by Crippen LogP contribution is -2.48. The molecule has 0 aromatic rings. The Kier molecular flexibility index (Phi) is 4.71. The normalized spacial score (nSPS) is 28.2. The summed E-state index contributed by atoms with van der Waals surface area (Å²) >= 11 is 0. The molecule has 2 aliphatic carbocycles. The molecule has 0 saturated heterocycles. The van der Waals surface area contributed by atoms with Gasteiger partial charge < -0.3 is 10.0 Å². The van der Waals surface area contributed by atoms with E-state index < -0.39 is 12.0 Å². The van der Waals surface area contributed by atoms with Crippen LogP contribution in [0.15, 0.2) is 0 Å². The Labute approximate surface area is 121 Å². The molecule has 1 N–H and O–H groups in total. The zero-order chi connectivity index (χ0) is 14.9. The highest BCUT2D eigenvalue weighted by Crippen LogP contribution is 2.37. The van der Waals surface area contributed by atoms with E-state index in [2.05, 4.69) is 13.8 Å². The van der Waals surface area contributed by atoms with Gasteiger partial charge in [0.15, 0.2) is 0 Å². The van der Waals surface area contributed by atoms with Crippen molar-refractivity contribution in [3.63, 3.8) is 0 Å². The molecule has 0 radical (unpaired) electrons. The van der Waals surface area contributed by atoms with E-state index in [0.29, 0.717) is 5.92 Å². The Morgan fingerprint density at radius 1 is 1.00 bits per heavy atom. The van der Waals surface area contributed by atoms with Gasteiger partial charge in [0, 0.05) is 12.0 Å². The Bertz CT molecular complexity index is 368. The molecular weight excluding hydrogens is 254 g/mol. The number of aliphatic carboxylic acids is 1. The van der Waals surface area contributed by atoms with Crippen LogP contribution in [0.4, 0.5) is 0 Å². The predicted molar refractivity (Wildman–Crippen MR) is 77.3 cm³/mol. The maximum Gasteiger partial charge on any atom is 0.326 e. The van der Waals surface area contributed by atoms with Crippen LogP contribution in [0.2, 0.25) is 0 Å². The van der Waals surface area contributed by atoms with Crippen molar-refractivity contribution in [2.45, 2.75) is 71.4 Å². The SMILES string of the molecule is CC(C)C1CCC(C(=O)N(C2CC2)C(C)C(=O)O)CC1. The highest BCUT2D eigenvalue weighted by molar-refractivity contribution is 5.85. The molecule has 4 nitrogen and oxygen atoms in total. The zero-order valence-electron chi connectivity index (χ0n) is 12.8. The molecule has 0 aliphatic heterocycles. The molecule has 0 bridgehead atoms. The summed E-state index contributed by atoms with van der Waals surface area (Å²) < 4.78 is 0. The second-order valence-corrected chi connectivity index (χ2v) is 6.85. The molecule has 2 aliphatic rings. The van der Waals surface area contributed by atoms with Crippen LogP contribution in [0.3, 0.4) is 0 Å². The van der Waals surface area contributed by atoms with Crippen LogP contribution in [-0.2, 0) is 9.59 Å². The smallest absolute Gasteiger partial charge is 0.326 e. The lowest BCUT2D eigenvalue weighted by atomic mass is 9.76. The predicted octanol–water partition coefficient (Wildman–Crippen LogP) is 2.91. The molecule has 2 saturated carbocycles. The minimum Gasteiger partial charge on any atom is -0.480 e. The highest BCUT2D eigenvalue weighted by atomic mass is 16.4. The molecule has 114 valence electrons. The molecule has 0 aromatic heterocycles. The standard InChI is InChI=1S/C16H27NO3/c1-10(2)12-4-6-13(7-5-12)15(18)17(14-8-9-14)11(3)16(19)20/h10-14H,4-9H2,1-3H3,(H,19,20). The van der Waals surface area contributed by atoms with Gasteiger partial charge in [0.1, 0.15) is 6.04 Å². The molecule has 1 atom stereocenters. The monoisotopic (exact) mass is 281 g/mol. The minimum atomic E-state index is -0.888. The van der Waals surface area contributed by atoms with Crippen molar-refractivity contribution < 1.29 is 14.7 Å². The molecule has 1 unspecified atom stereocenters. The minimum absolute atomic E-state index is 0.0485. The third-order valence-electron chi connectivity index (χ3n) is 5.03. The van der Waals surface area contributed by atoms with Crippen molar-refractivity contribution in [3.8, 4) is 0 Å². The first-order valence-electron chi connectivity index (χ1n) is 7.96. The maximum absolute atomic E-state index is 12.7. The number of hydrogen-bond acceptors (Lipinski definition) is 2. The summed E-state index contributed by atoms with van der Waals surface area (Å²) in [4.78, 5) is 25.5. The first-order valence-corrected chi connectivity index (χ1v) is 7.96. The van der Waals surface area contributed by atoms with Crippen LogP contribution in [0.25, 0.3) is 0 Å². The summed E-state index contributed by atoms with van der Waals surface area (Å²) in [7, 11) is 0. The van der Waals surface area contributed by atoms with Crippen LogP contribution in [0, 0.1) is 17.8 Å². The van der Waals surface area contributed by atoms with Gasteiger partial charge in [-0.2, -0.15) is 0 Å². The van der Waals surface area contributed by atoms with Crippen molar-refractivity contribution in [3.05, 3.63) is 0 Å². The third kappa shape index (κ3) is 3.33. The average molecular weight is 281 g/mol. The Hall–Kier alpha value is -1.06. The van der Waals surface area contributed by atoms with E-state index in [1.165, 1.54) is 0 Å². The largest absolute Gasteiger partial charge is 0.480 e. The van der Waals surface area contributed by atoms with Crippen molar-refractivity contribution in [1.82, 2.24) is 4.90 Å². The van der Waals surface area contributed by atoms with Crippen molar-refractivity contribution >= 4 is 11.9 Å². The third-order valence-corrected chi connectivity index (χ3v) is 5.03. The second-order valence-electron chi connectivity index (χ2n) is 6.85. The lowest BCUT2D eigenvalue weighted by Gasteiger charge is -2.35. The quantitative estimate of drug-likeness (QED) is 0.843. The summed E-state index contributed by atoms with van der Waals surface area (Å²) in [5.41, 5.74) is 0. The van der Waals surface area contributed by atoms with Gasteiger partial charge in [0.05, 0.1) is 0 Å². The fraction of sp³-hybridized carbons (Fsp3) is 0.875. The molecule has 1 amide bonds. The fourth-order valence-electron chi connectivity index (χ4n) is 3.40. The number of carboxylic acids is 1. The van der Waals surface area contributed by atoms with E-state index in [0.717, 1.165) is 44.4 Å². The maximum atomic E-state index is 12.7. The number of carbonyl (C=O) groups is 2. The van der Waals surface area contributed by atoms with Crippen molar-refractivity contribution in [2.75, 3.05) is 0 Å². The summed E-state index contributed by atoms with van der Waals surface area (Å²) in [5.74, 6) is 0.659. The number of carbonyl (C=O) groups excluding carboxylic acids is 1. The number of rotatable bonds is 5. The molecule has 0 aromatic carbocycles. The Morgan fingerprint density at radius 3 is 1.95 bits per heavy atom. The topological polar surface area (TPSA) is 57.6 Å². The molecular formula is C16H27NO3. The average Bonchev–Trinajstić information content (AvgIpc) is 3.23. The van der Waals surface area contributed by atoms with Gasteiger partial charge in [-0.1, -0.05) is 13.8 Å². The van der Waals surface area contributed by atoms with Gasteiger partial charge in [0.2, 0.25) is 5.91 Å². The van der Waals surface area contributed by atoms with Gasteiger partial charge >= 0.3 is 5.97 Å². The fourth-order valence-corrected chi connectivity index (χ4v) is 3.40. The summed E-state index contributed by atoms with van der Waals surface area (Å²) in [6.45, 7) is 6.13. The number of carboxylic acid groups (broad SMARTS) is 1. The number of hydrogen-bond donors (Lipinski definition) is 1. The summed E-state index contributed by atoms with van der Waals surface area (Å²) in [6.07, 6.45) is 5.99. The first-order chi connectivity index (χ1) is 9.41. The molecule has 20 heavy (non-hydrogen) atoms. The molecule has 2 fully saturated rings. The van der Waals surface area contributed by atoms with Crippen molar-refractivity contribution in [1.29, 1.82) is 0 Å². The van der Waals surface area contributed by atoms with E-state index in [9.17, 15) is 14.7 Å². The number of nitrogens with zero attached hydrogens (tertiary/aromatic N) is 1. The van der Waals surface area contributed by atoms with Crippen LogP contribution < -0.4 is 0 Å². The van der Waals surface area contributed by atoms with Crippen LogP contribution >= 0.6 is 0 Å². The van der Waals surface area contributed by atoms with Crippen LogP contribution in [0.1, 0.15) is 59.3 Å². The van der Waals surface area contributed by atoms with Gasteiger partial charge in [-0.25, -0.2) is 4.79 Å². The molecule has 4 heteroatoms. The van der Waals surface area contributed by atoms with E-state index in [1.54, 1.807) is 11.8 Å². The highest BCUT2D eigenvalue weighted by Gasteiger charge is 2.41. The van der Waals surface area contributed by atoms with E-state index in [1.807, 2.05) is 0 Å². The van der Waals surface area contributed by atoms with Crippen LogP contribution in [0.5, 0.6) is 0 Å². The Morgan fingerprint density at radius 2 is 1.55 bits per heavy atom. The van der Waals surface area contributed by atoms with Crippen LogP contribution in [-0.4, -0.2) is 34.0 Å². The van der Waals surface area contributed by atoms with E-state index in [-0.39, 0.29) is 17.9 Å². The summed E-state index contributed by atoms with van der Waals surface area (Å²) in [5, 5.41) is 9.20. The first kappa shape index (κ1) is 15.3. The molecule has 2 rings (SSSR count). The Balaban J connectivity index is 1.97. The van der Waals surface area contributed by atoms with Crippen molar-refractivity contribution in [2.24, 2.45) is 17.8 Å². The zero-order valence-corrected chi connectivity index (χ0v) is 12.8. The summed E-state index contributed by atoms with van der Waals surface area (Å²) in [6, 6.07) is -0.505. The van der Waals surface area contributed by atoms with Gasteiger partial charge in [-0.3, -0.25) is 4.79 Å². The lowest BCUT2D eigenvalue weighted by molar-refractivity contribution is -0.152. The second kappa shape index (κ2) is 6.15. The van der Waals surface area contributed by atoms with Gasteiger partial charge in [0.25, 0.3) is 0 Å². The van der Waals surface area contributed by atoms with Gasteiger partial charge in [-0.15, -0.1) is 0 Å². The number of amides is 1.